The van der Waals surface area contributed by atoms with Crippen LogP contribution >= 0.6 is 0 Å². The van der Waals surface area contributed by atoms with Gasteiger partial charge in [-0.1, -0.05) is 18.2 Å². The number of rotatable bonds is 6. The smallest absolute Gasteiger partial charge is 0.147 e. The van der Waals surface area contributed by atoms with E-state index in [1.165, 1.54) is 6.26 Å². The number of nitrogen functional groups attached to an aromatic ring is 1. The molecule has 1 atom stereocenters. The molecule has 0 saturated carbocycles. The van der Waals surface area contributed by atoms with Crippen LogP contribution in [0.2, 0.25) is 0 Å². The lowest BCUT2D eigenvalue weighted by Crippen LogP contribution is -2.29. The molecule has 0 spiro atoms. The number of benzene rings is 1. The molecule has 6 heteroatoms. The van der Waals surface area contributed by atoms with E-state index in [1.807, 2.05) is 18.2 Å². The minimum Gasteiger partial charge on any atom is -0.398 e. The summed E-state index contributed by atoms with van der Waals surface area (Å²) in [5, 5.41) is 0. The van der Waals surface area contributed by atoms with Crippen LogP contribution in [0, 0.1) is 0 Å². The highest BCUT2D eigenvalue weighted by Crippen LogP contribution is 2.23. The average molecular weight is 257 g/mol. The number of hydrazine groups is 1. The van der Waals surface area contributed by atoms with Gasteiger partial charge in [-0.3, -0.25) is 11.3 Å². The van der Waals surface area contributed by atoms with Crippen molar-refractivity contribution in [3.63, 3.8) is 0 Å². The monoisotopic (exact) mass is 257 g/mol. The summed E-state index contributed by atoms with van der Waals surface area (Å²) >= 11 is 0. The van der Waals surface area contributed by atoms with Crippen molar-refractivity contribution < 1.29 is 8.42 Å². The van der Waals surface area contributed by atoms with Crippen LogP contribution in [0.25, 0.3) is 0 Å². The number of para-hydroxylation sites is 1. The van der Waals surface area contributed by atoms with E-state index in [0.29, 0.717) is 18.5 Å². The fourth-order valence-corrected chi connectivity index (χ4v) is 2.40. The third-order valence-corrected chi connectivity index (χ3v) is 3.61. The lowest BCUT2D eigenvalue weighted by molar-refractivity contribution is 0.509. The van der Waals surface area contributed by atoms with E-state index >= 15 is 0 Å². The molecule has 96 valence electrons. The molecule has 0 radical (unpaired) electrons. The van der Waals surface area contributed by atoms with Crippen molar-refractivity contribution in [1.29, 1.82) is 0 Å². The van der Waals surface area contributed by atoms with Gasteiger partial charge in [-0.15, -0.1) is 0 Å². The van der Waals surface area contributed by atoms with Crippen molar-refractivity contribution in [3.05, 3.63) is 29.8 Å². The van der Waals surface area contributed by atoms with Crippen molar-refractivity contribution in [3.8, 4) is 0 Å². The van der Waals surface area contributed by atoms with Crippen LogP contribution in [0.15, 0.2) is 24.3 Å². The minimum atomic E-state index is -2.92. The highest BCUT2D eigenvalue weighted by Gasteiger charge is 2.13. The summed E-state index contributed by atoms with van der Waals surface area (Å²) in [5.74, 6) is 5.63. The van der Waals surface area contributed by atoms with Crippen LogP contribution in [-0.4, -0.2) is 20.4 Å². The predicted octanol–water partition coefficient (Wildman–Crippen LogP) is 0.598. The predicted molar refractivity (Wildman–Crippen MR) is 69.9 cm³/mol. The topological polar surface area (TPSA) is 98.2 Å². The summed E-state index contributed by atoms with van der Waals surface area (Å²) < 4.78 is 22.1. The van der Waals surface area contributed by atoms with Gasteiger partial charge in [0.05, 0.1) is 0 Å². The molecule has 1 aromatic rings. The molecule has 1 aromatic carbocycles. The lowest BCUT2D eigenvalue weighted by atomic mass is 10.0. The molecule has 0 aliphatic heterocycles. The van der Waals surface area contributed by atoms with Crippen LogP contribution in [0.5, 0.6) is 0 Å². The first-order chi connectivity index (χ1) is 7.94. The first-order valence-corrected chi connectivity index (χ1v) is 7.48. The summed E-state index contributed by atoms with van der Waals surface area (Å²) in [5.41, 5.74) is 10.1. The summed E-state index contributed by atoms with van der Waals surface area (Å²) in [4.78, 5) is 0. The molecule has 0 aliphatic rings. The molecule has 0 bridgehead atoms. The molecule has 0 fully saturated rings. The molecule has 0 saturated heterocycles. The number of hydrogen-bond donors (Lipinski definition) is 3. The SMILES string of the molecule is CS(=O)(=O)CCCC(NN)c1ccccc1N. The zero-order chi connectivity index (χ0) is 12.9. The van der Waals surface area contributed by atoms with E-state index in [4.69, 9.17) is 11.6 Å². The van der Waals surface area contributed by atoms with Crippen LogP contribution in [0.3, 0.4) is 0 Å². The van der Waals surface area contributed by atoms with E-state index < -0.39 is 9.84 Å². The van der Waals surface area contributed by atoms with E-state index in [-0.39, 0.29) is 11.8 Å². The molecular formula is C11H19N3O2S. The van der Waals surface area contributed by atoms with Gasteiger partial charge in [0.25, 0.3) is 0 Å². The number of hydrogen-bond acceptors (Lipinski definition) is 5. The van der Waals surface area contributed by atoms with Crippen molar-refractivity contribution in [1.82, 2.24) is 5.43 Å². The Balaban J connectivity index is 2.64. The Labute approximate surface area is 102 Å². The molecular weight excluding hydrogens is 238 g/mol. The third kappa shape index (κ3) is 4.72. The molecule has 1 unspecified atom stereocenters. The zero-order valence-electron chi connectivity index (χ0n) is 9.89. The van der Waals surface area contributed by atoms with Gasteiger partial charge in [0.1, 0.15) is 9.84 Å². The normalized spacial score (nSPS) is 13.5. The Morgan fingerprint density at radius 3 is 2.53 bits per heavy atom. The maximum absolute atomic E-state index is 11.0. The van der Waals surface area contributed by atoms with Crippen molar-refractivity contribution >= 4 is 15.5 Å². The van der Waals surface area contributed by atoms with Gasteiger partial charge >= 0.3 is 0 Å². The molecule has 1 rings (SSSR count). The standard InChI is InChI=1S/C11H19N3O2S/c1-17(15,16)8-4-7-11(14-13)9-5-2-3-6-10(9)12/h2-3,5-6,11,14H,4,7-8,12-13H2,1H3. The van der Waals surface area contributed by atoms with Gasteiger partial charge in [-0.2, -0.15) is 0 Å². The highest BCUT2D eigenvalue weighted by molar-refractivity contribution is 7.90. The summed E-state index contributed by atoms with van der Waals surface area (Å²) in [6, 6.07) is 7.31. The Bertz CT molecular complexity index is 460. The van der Waals surface area contributed by atoms with Crippen molar-refractivity contribution in [2.75, 3.05) is 17.7 Å². The minimum absolute atomic E-state index is 0.113. The molecule has 5 N–H and O–H groups in total. The number of nitrogens with two attached hydrogens (primary N) is 2. The van der Waals surface area contributed by atoms with Crippen LogP contribution in [0.4, 0.5) is 5.69 Å². The molecule has 5 nitrogen and oxygen atoms in total. The van der Waals surface area contributed by atoms with E-state index in [1.54, 1.807) is 6.07 Å². The van der Waals surface area contributed by atoms with E-state index in [0.717, 1.165) is 5.56 Å². The number of nitrogens with one attached hydrogen (secondary N) is 1. The maximum Gasteiger partial charge on any atom is 0.147 e. The van der Waals surface area contributed by atoms with E-state index in [2.05, 4.69) is 5.43 Å². The first kappa shape index (κ1) is 14.0. The van der Waals surface area contributed by atoms with Gasteiger partial charge < -0.3 is 5.73 Å². The number of anilines is 1. The molecule has 0 aromatic heterocycles. The summed E-state index contributed by atoms with van der Waals surface area (Å²) in [7, 11) is -2.92. The summed E-state index contributed by atoms with van der Waals surface area (Å²) in [6.45, 7) is 0. The van der Waals surface area contributed by atoms with Crippen LogP contribution < -0.4 is 17.0 Å². The fraction of sp³-hybridized carbons (Fsp3) is 0.455. The van der Waals surface area contributed by atoms with E-state index in [9.17, 15) is 8.42 Å². The third-order valence-electron chi connectivity index (χ3n) is 2.58. The Morgan fingerprint density at radius 1 is 1.35 bits per heavy atom. The molecule has 17 heavy (non-hydrogen) atoms. The second-order valence-electron chi connectivity index (χ2n) is 4.12. The maximum atomic E-state index is 11.0. The quantitative estimate of drug-likeness (QED) is 0.394. The van der Waals surface area contributed by atoms with Crippen molar-refractivity contribution in [2.24, 2.45) is 5.84 Å². The largest absolute Gasteiger partial charge is 0.398 e. The van der Waals surface area contributed by atoms with Gasteiger partial charge in [0.2, 0.25) is 0 Å². The molecule has 0 aliphatic carbocycles. The average Bonchev–Trinajstić information content (AvgIpc) is 2.24. The Hall–Kier alpha value is -1.11. The zero-order valence-corrected chi connectivity index (χ0v) is 10.7. The Morgan fingerprint density at radius 2 is 2.00 bits per heavy atom. The van der Waals surface area contributed by atoms with Crippen molar-refractivity contribution in [2.45, 2.75) is 18.9 Å². The Kier molecular flexibility index (Phi) is 4.92. The van der Waals surface area contributed by atoms with Gasteiger partial charge in [0, 0.05) is 23.7 Å². The fourth-order valence-electron chi connectivity index (χ4n) is 1.71. The highest BCUT2D eigenvalue weighted by atomic mass is 32.2. The van der Waals surface area contributed by atoms with Crippen LogP contribution in [-0.2, 0) is 9.84 Å². The molecule has 0 heterocycles. The van der Waals surface area contributed by atoms with Gasteiger partial charge in [0.15, 0.2) is 0 Å². The van der Waals surface area contributed by atoms with Crippen LogP contribution in [0.1, 0.15) is 24.4 Å². The molecule has 0 amide bonds. The number of sulfone groups is 1. The van der Waals surface area contributed by atoms with Gasteiger partial charge in [-0.05, 0) is 24.5 Å². The lowest BCUT2D eigenvalue weighted by Gasteiger charge is -2.17. The second kappa shape index (κ2) is 6.00. The first-order valence-electron chi connectivity index (χ1n) is 5.42. The second-order valence-corrected chi connectivity index (χ2v) is 6.38. The van der Waals surface area contributed by atoms with Gasteiger partial charge in [-0.25, -0.2) is 8.42 Å². The summed E-state index contributed by atoms with van der Waals surface area (Å²) in [6.07, 6.45) is 2.43.